The molecule has 1 aromatic carbocycles. The zero-order chi connectivity index (χ0) is 18.7. The standard InChI is InChI=1S/C19H22N2O3S2/c1-11(25-13-7-5-6-12(20)10-13)17(22)21-18-16(19(23)24-2)14-8-3-4-9-15(14)26-18/h5-7,10-11H,3-4,8-9,20H2,1-2H3,(H,21,22). The summed E-state index contributed by atoms with van der Waals surface area (Å²) in [7, 11) is 1.37. The quantitative estimate of drug-likeness (QED) is 0.456. The van der Waals surface area contributed by atoms with E-state index >= 15 is 0 Å². The summed E-state index contributed by atoms with van der Waals surface area (Å²) in [4.78, 5) is 27.1. The van der Waals surface area contributed by atoms with Crippen LogP contribution in [0.25, 0.3) is 0 Å². The molecule has 1 aliphatic carbocycles. The van der Waals surface area contributed by atoms with E-state index in [0.717, 1.165) is 36.1 Å². The average molecular weight is 391 g/mol. The van der Waals surface area contributed by atoms with Crippen LogP contribution < -0.4 is 11.1 Å². The van der Waals surface area contributed by atoms with Gasteiger partial charge in [0.2, 0.25) is 5.91 Å². The average Bonchev–Trinajstić information content (AvgIpc) is 2.98. The van der Waals surface area contributed by atoms with Crippen molar-refractivity contribution in [2.45, 2.75) is 42.8 Å². The number of hydrogen-bond acceptors (Lipinski definition) is 6. The van der Waals surface area contributed by atoms with Crippen LogP contribution in [0.4, 0.5) is 10.7 Å². The SMILES string of the molecule is COC(=O)c1c(NC(=O)C(C)Sc2cccc(N)c2)sc2c1CCCC2. The summed E-state index contributed by atoms with van der Waals surface area (Å²) in [5.41, 5.74) is 8.03. The number of ether oxygens (including phenoxy) is 1. The van der Waals surface area contributed by atoms with Gasteiger partial charge in [-0.3, -0.25) is 4.79 Å². The fraction of sp³-hybridized carbons (Fsp3) is 0.368. The molecular formula is C19H22N2O3S2. The third-order valence-electron chi connectivity index (χ3n) is 4.34. The Morgan fingerprint density at radius 1 is 1.31 bits per heavy atom. The van der Waals surface area contributed by atoms with Gasteiger partial charge in [0.05, 0.1) is 17.9 Å². The van der Waals surface area contributed by atoms with E-state index in [4.69, 9.17) is 10.5 Å². The summed E-state index contributed by atoms with van der Waals surface area (Å²) in [5.74, 6) is -0.517. The summed E-state index contributed by atoms with van der Waals surface area (Å²) in [6, 6.07) is 7.45. The number of thioether (sulfide) groups is 1. The molecule has 3 rings (SSSR count). The molecule has 7 heteroatoms. The third kappa shape index (κ3) is 4.04. The van der Waals surface area contributed by atoms with Gasteiger partial charge in [-0.2, -0.15) is 0 Å². The molecule has 0 aliphatic heterocycles. The van der Waals surface area contributed by atoms with E-state index < -0.39 is 0 Å². The van der Waals surface area contributed by atoms with Crippen molar-refractivity contribution in [1.29, 1.82) is 0 Å². The maximum atomic E-state index is 12.7. The normalized spacial score (nSPS) is 14.4. The van der Waals surface area contributed by atoms with Gasteiger partial charge in [-0.05, 0) is 56.4 Å². The Labute approximate surface area is 161 Å². The lowest BCUT2D eigenvalue weighted by atomic mass is 9.95. The van der Waals surface area contributed by atoms with Gasteiger partial charge in [-0.15, -0.1) is 23.1 Å². The Morgan fingerprint density at radius 3 is 2.81 bits per heavy atom. The van der Waals surface area contributed by atoms with Gasteiger partial charge in [0.25, 0.3) is 0 Å². The van der Waals surface area contributed by atoms with Crippen LogP contribution in [0.15, 0.2) is 29.2 Å². The van der Waals surface area contributed by atoms with Crippen LogP contribution in [0.1, 0.15) is 40.6 Å². The number of nitrogens with two attached hydrogens (primary N) is 1. The molecule has 5 nitrogen and oxygen atoms in total. The molecule has 1 unspecified atom stereocenters. The molecule has 1 aliphatic rings. The van der Waals surface area contributed by atoms with Crippen molar-refractivity contribution in [3.8, 4) is 0 Å². The first-order valence-corrected chi connectivity index (χ1v) is 10.2. The lowest BCUT2D eigenvalue weighted by Crippen LogP contribution is -2.23. The van der Waals surface area contributed by atoms with Crippen LogP contribution in [0.3, 0.4) is 0 Å². The highest BCUT2D eigenvalue weighted by molar-refractivity contribution is 8.00. The number of rotatable bonds is 5. The molecule has 0 radical (unpaired) electrons. The Morgan fingerprint density at radius 2 is 2.08 bits per heavy atom. The topological polar surface area (TPSA) is 81.4 Å². The summed E-state index contributed by atoms with van der Waals surface area (Å²) in [5, 5.41) is 3.23. The molecule has 0 spiro atoms. The predicted octanol–water partition coefficient (Wildman–Crippen LogP) is 4.12. The Kier molecular flexibility index (Phi) is 5.88. The van der Waals surface area contributed by atoms with Crippen molar-refractivity contribution in [1.82, 2.24) is 0 Å². The van der Waals surface area contributed by atoms with Crippen LogP contribution in [0.2, 0.25) is 0 Å². The molecule has 0 saturated heterocycles. The molecule has 3 N–H and O–H groups in total. The maximum Gasteiger partial charge on any atom is 0.341 e. The zero-order valence-corrected chi connectivity index (χ0v) is 16.5. The molecule has 0 bridgehead atoms. The summed E-state index contributed by atoms with van der Waals surface area (Å²) in [6.07, 6.45) is 3.99. The first-order valence-electron chi connectivity index (χ1n) is 8.55. The first-order chi connectivity index (χ1) is 12.5. The monoisotopic (exact) mass is 390 g/mol. The molecule has 0 fully saturated rings. The van der Waals surface area contributed by atoms with Crippen LogP contribution in [0, 0.1) is 0 Å². The number of hydrogen-bond donors (Lipinski definition) is 2. The molecule has 2 aromatic rings. The third-order valence-corrected chi connectivity index (χ3v) is 6.64. The number of fused-ring (bicyclic) bond motifs is 1. The van der Waals surface area contributed by atoms with Gasteiger partial charge in [0.15, 0.2) is 0 Å². The van der Waals surface area contributed by atoms with E-state index in [1.807, 2.05) is 31.2 Å². The van der Waals surface area contributed by atoms with Gasteiger partial charge in [0, 0.05) is 15.5 Å². The number of esters is 1. The fourth-order valence-electron chi connectivity index (χ4n) is 3.03. The summed E-state index contributed by atoms with van der Waals surface area (Å²) < 4.78 is 4.95. The fourth-order valence-corrected chi connectivity index (χ4v) is 5.25. The highest BCUT2D eigenvalue weighted by Crippen LogP contribution is 2.39. The second-order valence-corrected chi connectivity index (χ2v) is 8.75. The number of nitrogens with one attached hydrogen (secondary N) is 1. The minimum atomic E-state index is -0.379. The molecule has 1 amide bonds. The van der Waals surface area contributed by atoms with Crippen molar-refractivity contribution in [3.05, 3.63) is 40.3 Å². The van der Waals surface area contributed by atoms with Gasteiger partial charge in [-0.1, -0.05) is 6.07 Å². The van der Waals surface area contributed by atoms with Gasteiger partial charge in [0.1, 0.15) is 5.00 Å². The molecule has 26 heavy (non-hydrogen) atoms. The number of nitrogen functional groups attached to an aromatic ring is 1. The van der Waals surface area contributed by atoms with Gasteiger partial charge < -0.3 is 15.8 Å². The van der Waals surface area contributed by atoms with Crippen molar-refractivity contribution >= 4 is 45.7 Å². The number of anilines is 2. The van der Waals surface area contributed by atoms with Crippen molar-refractivity contribution in [2.75, 3.05) is 18.2 Å². The van der Waals surface area contributed by atoms with Crippen molar-refractivity contribution < 1.29 is 14.3 Å². The molecule has 1 atom stereocenters. The lowest BCUT2D eigenvalue weighted by Gasteiger charge is -2.13. The van der Waals surface area contributed by atoms with Gasteiger partial charge in [-0.25, -0.2) is 4.79 Å². The first kappa shape index (κ1) is 18.8. The molecule has 138 valence electrons. The maximum absolute atomic E-state index is 12.7. The van der Waals surface area contributed by atoms with Crippen molar-refractivity contribution in [3.63, 3.8) is 0 Å². The van der Waals surface area contributed by atoms with Crippen molar-refractivity contribution in [2.24, 2.45) is 0 Å². The summed E-state index contributed by atoms with van der Waals surface area (Å²) in [6.45, 7) is 1.84. The highest BCUT2D eigenvalue weighted by Gasteiger charge is 2.28. The molecule has 1 heterocycles. The van der Waals surface area contributed by atoms with E-state index in [1.54, 1.807) is 0 Å². The molecular weight excluding hydrogens is 368 g/mol. The van der Waals surface area contributed by atoms with E-state index in [0.29, 0.717) is 16.3 Å². The lowest BCUT2D eigenvalue weighted by molar-refractivity contribution is -0.115. The van der Waals surface area contributed by atoms with Crippen LogP contribution in [0.5, 0.6) is 0 Å². The van der Waals surface area contributed by atoms with E-state index in [-0.39, 0.29) is 17.1 Å². The van der Waals surface area contributed by atoms with E-state index in [1.165, 1.54) is 35.1 Å². The van der Waals surface area contributed by atoms with Crippen LogP contribution >= 0.6 is 23.1 Å². The zero-order valence-electron chi connectivity index (χ0n) is 14.8. The van der Waals surface area contributed by atoms with Crippen LogP contribution in [-0.4, -0.2) is 24.2 Å². The van der Waals surface area contributed by atoms with E-state index in [9.17, 15) is 9.59 Å². The minimum absolute atomic E-state index is 0.138. The van der Waals surface area contributed by atoms with Gasteiger partial charge >= 0.3 is 5.97 Å². The second-order valence-electron chi connectivity index (χ2n) is 6.23. The Bertz CT molecular complexity index is 832. The molecule has 0 saturated carbocycles. The Balaban J connectivity index is 1.78. The predicted molar refractivity (Wildman–Crippen MR) is 107 cm³/mol. The largest absolute Gasteiger partial charge is 0.465 e. The smallest absolute Gasteiger partial charge is 0.341 e. The number of amides is 1. The second kappa shape index (κ2) is 8.14. The van der Waals surface area contributed by atoms with Crippen LogP contribution in [-0.2, 0) is 22.4 Å². The summed E-state index contributed by atoms with van der Waals surface area (Å²) >= 11 is 2.93. The molecule has 1 aromatic heterocycles. The number of carbonyl (C=O) groups excluding carboxylic acids is 2. The van der Waals surface area contributed by atoms with E-state index in [2.05, 4.69) is 5.32 Å². The number of benzene rings is 1. The minimum Gasteiger partial charge on any atom is -0.465 e. The number of thiophene rings is 1. The number of methoxy groups -OCH3 is 1. The number of aryl methyl sites for hydroxylation is 1. The highest BCUT2D eigenvalue weighted by atomic mass is 32.2. The Hall–Kier alpha value is -1.99. The number of carbonyl (C=O) groups is 2.